The van der Waals surface area contributed by atoms with Crippen molar-refractivity contribution in [3.63, 3.8) is 0 Å². The first-order valence-electron chi connectivity index (χ1n) is 10.9. The molecule has 0 saturated heterocycles. The van der Waals surface area contributed by atoms with Gasteiger partial charge in [0.2, 0.25) is 0 Å². The van der Waals surface area contributed by atoms with Crippen molar-refractivity contribution in [3.05, 3.63) is 89.5 Å². The van der Waals surface area contributed by atoms with E-state index in [4.69, 9.17) is 9.72 Å². The lowest BCUT2D eigenvalue weighted by atomic mass is 10.1. The summed E-state index contributed by atoms with van der Waals surface area (Å²) in [5.41, 5.74) is 5.04. The van der Waals surface area contributed by atoms with Crippen molar-refractivity contribution in [1.82, 2.24) is 19.9 Å². The molecule has 0 aliphatic heterocycles. The van der Waals surface area contributed by atoms with E-state index in [2.05, 4.69) is 40.8 Å². The van der Waals surface area contributed by atoms with Crippen LogP contribution < -0.4 is 10.1 Å². The number of aryl methyl sites for hydroxylation is 2. The van der Waals surface area contributed by atoms with E-state index in [0.29, 0.717) is 18.7 Å². The van der Waals surface area contributed by atoms with Crippen LogP contribution in [0.4, 0.5) is 0 Å². The quantitative estimate of drug-likeness (QED) is 0.388. The van der Waals surface area contributed by atoms with Crippen molar-refractivity contribution in [2.24, 2.45) is 0 Å². The summed E-state index contributed by atoms with van der Waals surface area (Å²) >= 11 is 0. The lowest BCUT2D eigenvalue weighted by molar-refractivity contribution is 0.0949. The van der Waals surface area contributed by atoms with E-state index in [0.717, 1.165) is 42.0 Å². The Morgan fingerprint density at radius 1 is 1.00 bits per heavy atom. The third kappa shape index (κ3) is 4.97. The van der Waals surface area contributed by atoms with Crippen LogP contribution in [0.2, 0.25) is 0 Å². The minimum atomic E-state index is -0.132. The largest absolute Gasteiger partial charge is 0.493 e. The molecule has 0 aliphatic rings. The molecule has 1 N–H and O–H groups in total. The molecule has 0 atom stereocenters. The number of rotatable bonds is 9. The van der Waals surface area contributed by atoms with Gasteiger partial charge in [0.25, 0.3) is 5.91 Å². The number of carbonyl (C=O) groups is 1. The molecule has 0 spiro atoms. The fraction of sp³-hybridized carbons (Fsp3) is 0.269. The number of carbonyl (C=O) groups excluding carboxylic acids is 1. The number of imidazole rings is 1. The zero-order valence-corrected chi connectivity index (χ0v) is 18.5. The maximum absolute atomic E-state index is 12.4. The van der Waals surface area contributed by atoms with Crippen LogP contribution in [0.3, 0.4) is 0 Å². The molecule has 4 rings (SSSR count). The van der Waals surface area contributed by atoms with Gasteiger partial charge in [-0.05, 0) is 68.1 Å². The van der Waals surface area contributed by atoms with E-state index in [1.54, 1.807) is 24.5 Å². The Kier molecular flexibility index (Phi) is 6.80. The molecule has 0 bridgehead atoms. The molecule has 0 saturated carbocycles. The van der Waals surface area contributed by atoms with Gasteiger partial charge in [-0.3, -0.25) is 9.78 Å². The van der Waals surface area contributed by atoms with Gasteiger partial charge in [-0.1, -0.05) is 24.3 Å². The number of aromatic nitrogens is 3. The van der Waals surface area contributed by atoms with Gasteiger partial charge in [0, 0.05) is 24.5 Å². The van der Waals surface area contributed by atoms with Gasteiger partial charge < -0.3 is 14.6 Å². The molecule has 6 nitrogen and oxygen atoms in total. The van der Waals surface area contributed by atoms with Crippen LogP contribution in [0.25, 0.3) is 11.0 Å². The molecule has 0 fully saturated rings. The van der Waals surface area contributed by atoms with Crippen LogP contribution in [0.1, 0.15) is 40.2 Å². The normalized spacial score (nSPS) is 10.9. The molecule has 2 heterocycles. The van der Waals surface area contributed by atoms with Crippen molar-refractivity contribution in [1.29, 1.82) is 0 Å². The third-order valence-electron chi connectivity index (χ3n) is 5.67. The van der Waals surface area contributed by atoms with E-state index in [1.807, 2.05) is 30.3 Å². The summed E-state index contributed by atoms with van der Waals surface area (Å²) in [6, 6.07) is 17.6. The van der Waals surface area contributed by atoms with E-state index < -0.39 is 0 Å². The van der Waals surface area contributed by atoms with Crippen LogP contribution in [-0.2, 0) is 13.1 Å². The van der Waals surface area contributed by atoms with Crippen molar-refractivity contribution >= 4 is 16.9 Å². The van der Waals surface area contributed by atoms with Gasteiger partial charge in [0.05, 0.1) is 24.2 Å². The molecule has 2 aromatic heterocycles. The van der Waals surface area contributed by atoms with Gasteiger partial charge in [0.1, 0.15) is 11.6 Å². The second-order valence-electron chi connectivity index (χ2n) is 7.84. The zero-order valence-electron chi connectivity index (χ0n) is 18.5. The van der Waals surface area contributed by atoms with Crippen molar-refractivity contribution in [2.45, 2.75) is 39.8 Å². The van der Waals surface area contributed by atoms with E-state index in [-0.39, 0.29) is 5.91 Å². The number of unbranched alkanes of at least 4 members (excludes halogenated alkanes) is 1. The number of pyridine rings is 1. The summed E-state index contributed by atoms with van der Waals surface area (Å²) in [5.74, 6) is 1.68. The minimum Gasteiger partial charge on any atom is -0.493 e. The number of ether oxygens (including phenoxy) is 1. The van der Waals surface area contributed by atoms with Crippen LogP contribution in [-0.4, -0.2) is 27.0 Å². The molecule has 0 radical (unpaired) electrons. The Hall–Kier alpha value is -3.67. The Morgan fingerprint density at radius 2 is 1.81 bits per heavy atom. The Balaban J connectivity index is 1.38. The van der Waals surface area contributed by atoms with Crippen LogP contribution in [0, 0.1) is 13.8 Å². The highest BCUT2D eigenvalue weighted by Crippen LogP contribution is 2.21. The second-order valence-corrected chi connectivity index (χ2v) is 7.84. The molecule has 0 unspecified atom stereocenters. The minimum absolute atomic E-state index is 0.132. The lowest BCUT2D eigenvalue weighted by Gasteiger charge is -2.12. The third-order valence-corrected chi connectivity index (χ3v) is 5.67. The molecule has 6 heteroatoms. The van der Waals surface area contributed by atoms with E-state index >= 15 is 0 Å². The fourth-order valence-electron chi connectivity index (χ4n) is 3.71. The predicted octanol–water partition coefficient (Wildman–Crippen LogP) is 4.84. The number of nitrogens with one attached hydrogen (secondary N) is 1. The number of amides is 1. The monoisotopic (exact) mass is 428 g/mol. The zero-order chi connectivity index (χ0) is 22.3. The highest BCUT2D eigenvalue weighted by atomic mass is 16.5. The summed E-state index contributed by atoms with van der Waals surface area (Å²) in [4.78, 5) is 21.1. The van der Waals surface area contributed by atoms with Gasteiger partial charge in [-0.15, -0.1) is 0 Å². The lowest BCUT2D eigenvalue weighted by Crippen LogP contribution is -2.24. The molecular formula is C26H28N4O2. The number of nitrogens with zero attached hydrogens (tertiary/aromatic N) is 3. The average molecular weight is 429 g/mol. The Morgan fingerprint density at radius 3 is 2.66 bits per heavy atom. The molecule has 4 aromatic rings. The van der Waals surface area contributed by atoms with E-state index in [1.165, 1.54) is 11.1 Å². The van der Waals surface area contributed by atoms with Gasteiger partial charge in [-0.2, -0.15) is 0 Å². The number of fused-ring (bicyclic) bond motifs is 1. The Bertz CT molecular complexity index is 1200. The first-order valence-corrected chi connectivity index (χ1v) is 10.9. The highest BCUT2D eigenvalue weighted by molar-refractivity contribution is 5.93. The molecule has 32 heavy (non-hydrogen) atoms. The van der Waals surface area contributed by atoms with E-state index in [9.17, 15) is 4.79 Å². The predicted molar refractivity (Wildman–Crippen MR) is 126 cm³/mol. The Labute approximate surface area is 188 Å². The molecule has 1 amide bonds. The van der Waals surface area contributed by atoms with Gasteiger partial charge in [-0.25, -0.2) is 4.98 Å². The summed E-state index contributed by atoms with van der Waals surface area (Å²) in [7, 11) is 0. The van der Waals surface area contributed by atoms with Crippen molar-refractivity contribution < 1.29 is 9.53 Å². The number of hydrogen-bond donors (Lipinski definition) is 1. The number of benzene rings is 2. The van der Waals surface area contributed by atoms with Crippen molar-refractivity contribution in [2.75, 3.05) is 6.61 Å². The van der Waals surface area contributed by atoms with Crippen molar-refractivity contribution in [3.8, 4) is 5.75 Å². The molecule has 164 valence electrons. The summed E-state index contributed by atoms with van der Waals surface area (Å²) in [6.45, 7) is 6.05. The first kappa shape index (κ1) is 21.6. The summed E-state index contributed by atoms with van der Waals surface area (Å²) in [5, 5.41) is 2.98. The second kappa shape index (κ2) is 10.1. The molecule has 2 aromatic carbocycles. The molecule has 0 aliphatic carbocycles. The summed E-state index contributed by atoms with van der Waals surface area (Å²) in [6.07, 6.45) is 5.12. The summed E-state index contributed by atoms with van der Waals surface area (Å²) < 4.78 is 8.19. The average Bonchev–Trinajstić information content (AvgIpc) is 3.18. The maximum Gasteiger partial charge on any atom is 0.251 e. The highest BCUT2D eigenvalue weighted by Gasteiger charge is 2.12. The van der Waals surface area contributed by atoms with Crippen LogP contribution >= 0.6 is 0 Å². The molecular weight excluding hydrogens is 400 g/mol. The van der Waals surface area contributed by atoms with Crippen LogP contribution in [0.5, 0.6) is 5.75 Å². The standard InChI is InChI=1S/C26H28N4O2/c1-19-8-7-11-24(20(19)2)32-17-6-5-16-30-23-10-4-3-9-22(23)29-25(30)18-28-26(31)21-12-14-27-15-13-21/h3-4,7-15H,5-6,16-18H2,1-2H3,(H,28,31). The smallest absolute Gasteiger partial charge is 0.251 e. The maximum atomic E-state index is 12.4. The number of hydrogen-bond acceptors (Lipinski definition) is 4. The first-order chi connectivity index (χ1) is 15.6. The fourth-order valence-corrected chi connectivity index (χ4v) is 3.71. The SMILES string of the molecule is Cc1cccc(OCCCCn2c(CNC(=O)c3ccncc3)nc3ccccc32)c1C. The van der Waals surface area contributed by atoms with Crippen LogP contribution in [0.15, 0.2) is 67.0 Å². The van der Waals surface area contributed by atoms with Gasteiger partial charge in [0.15, 0.2) is 0 Å². The topological polar surface area (TPSA) is 69.0 Å². The van der Waals surface area contributed by atoms with Gasteiger partial charge >= 0.3 is 0 Å². The number of para-hydroxylation sites is 2.